The molecule has 0 aliphatic rings. The molecule has 0 spiro atoms. The number of amides is 1. The third-order valence-corrected chi connectivity index (χ3v) is 4.79. The summed E-state index contributed by atoms with van der Waals surface area (Å²) in [6, 6.07) is 15.4. The van der Waals surface area contributed by atoms with Gasteiger partial charge in [0.15, 0.2) is 0 Å². The molecule has 28 heavy (non-hydrogen) atoms. The summed E-state index contributed by atoms with van der Waals surface area (Å²) >= 11 is 0. The van der Waals surface area contributed by atoms with E-state index in [1.165, 1.54) is 15.0 Å². The number of fused-ring (bicyclic) bond motifs is 1. The second kappa shape index (κ2) is 8.80. The van der Waals surface area contributed by atoms with Gasteiger partial charge in [0.25, 0.3) is 5.56 Å². The van der Waals surface area contributed by atoms with Gasteiger partial charge in [-0.05, 0) is 17.7 Å². The standard InChI is InChI=1S/C22H26N4O2/c1-25(2)15-17-9-5-4-8-16(17)14-23-21(27)13-12-20-24-19-11-7-6-10-18(19)22(28)26(20)3/h4-11H,12-15H2,1-3H3,(H,23,27)/p+1. The molecule has 0 saturated heterocycles. The minimum atomic E-state index is -0.0823. The predicted octanol–water partition coefficient (Wildman–Crippen LogP) is 0.827. The number of nitrogens with zero attached hydrogens (tertiary/aromatic N) is 2. The maximum Gasteiger partial charge on any atom is 0.261 e. The number of para-hydroxylation sites is 1. The first-order chi connectivity index (χ1) is 13.5. The smallest absolute Gasteiger partial charge is 0.261 e. The molecule has 6 nitrogen and oxygen atoms in total. The molecular weight excluding hydrogens is 352 g/mol. The van der Waals surface area contributed by atoms with Gasteiger partial charge in [0.1, 0.15) is 12.4 Å². The van der Waals surface area contributed by atoms with E-state index in [2.05, 4.69) is 30.5 Å². The van der Waals surface area contributed by atoms with Crippen molar-refractivity contribution < 1.29 is 9.69 Å². The highest BCUT2D eigenvalue weighted by molar-refractivity contribution is 5.78. The highest BCUT2D eigenvalue weighted by Gasteiger charge is 2.11. The Hall–Kier alpha value is -2.99. The van der Waals surface area contributed by atoms with E-state index in [1.54, 1.807) is 13.1 Å². The highest BCUT2D eigenvalue weighted by Crippen LogP contribution is 2.09. The summed E-state index contributed by atoms with van der Waals surface area (Å²) in [6.45, 7) is 1.42. The van der Waals surface area contributed by atoms with Gasteiger partial charge in [-0.1, -0.05) is 36.4 Å². The second-order valence-corrected chi connectivity index (χ2v) is 7.34. The highest BCUT2D eigenvalue weighted by atomic mass is 16.1. The predicted molar refractivity (Wildman–Crippen MR) is 110 cm³/mol. The Labute approximate surface area is 164 Å². The van der Waals surface area contributed by atoms with Crippen LogP contribution in [0, 0.1) is 0 Å². The van der Waals surface area contributed by atoms with Gasteiger partial charge in [-0.3, -0.25) is 14.2 Å². The first-order valence-corrected chi connectivity index (χ1v) is 9.53. The fourth-order valence-corrected chi connectivity index (χ4v) is 3.28. The number of rotatable bonds is 7. The number of nitrogens with one attached hydrogen (secondary N) is 2. The number of benzene rings is 2. The molecule has 2 aromatic carbocycles. The van der Waals surface area contributed by atoms with E-state index in [-0.39, 0.29) is 11.5 Å². The van der Waals surface area contributed by atoms with Gasteiger partial charge in [-0.2, -0.15) is 0 Å². The molecule has 3 rings (SSSR count). The van der Waals surface area contributed by atoms with Crippen LogP contribution in [0.5, 0.6) is 0 Å². The number of quaternary nitrogens is 1. The molecule has 0 atom stereocenters. The Bertz CT molecular complexity index is 1040. The van der Waals surface area contributed by atoms with Gasteiger partial charge in [0.2, 0.25) is 5.91 Å². The van der Waals surface area contributed by atoms with Crippen LogP contribution in [0.15, 0.2) is 53.3 Å². The average molecular weight is 379 g/mol. The zero-order chi connectivity index (χ0) is 20.1. The minimum Gasteiger partial charge on any atom is -0.352 e. The Morgan fingerprint density at radius 1 is 1.07 bits per heavy atom. The van der Waals surface area contributed by atoms with E-state index in [0.717, 1.165) is 12.1 Å². The van der Waals surface area contributed by atoms with Crippen molar-refractivity contribution in [1.29, 1.82) is 0 Å². The van der Waals surface area contributed by atoms with E-state index in [0.29, 0.717) is 36.1 Å². The van der Waals surface area contributed by atoms with Crippen molar-refractivity contribution in [3.63, 3.8) is 0 Å². The summed E-state index contributed by atoms with van der Waals surface area (Å²) in [4.78, 5) is 30.7. The normalized spacial score (nSPS) is 11.1. The van der Waals surface area contributed by atoms with Gasteiger partial charge in [0.05, 0.1) is 25.0 Å². The monoisotopic (exact) mass is 379 g/mol. The molecule has 1 heterocycles. The molecule has 0 aliphatic heterocycles. The van der Waals surface area contributed by atoms with Gasteiger partial charge in [-0.25, -0.2) is 4.98 Å². The lowest BCUT2D eigenvalue weighted by Gasteiger charge is -2.13. The molecule has 146 valence electrons. The van der Waals surface area contributed by atoms with E-state index < -0.39 is 0 Å². The summed E-state index contributed by atoms with van der Waals surface area (Å²) in [5.74, 6) is 0.574. The molecule has 0 fully saturated rings. The topological polar surface area (TPSA) is 68.4 Å². The zero-order valence-electron chi connectivity index (χ0n) is 16.7. The van der Waals surface area contributed by atoms with Gasteiger partial charge < -0.3 is 10.2 Å². The summed E-state index contributed by atoms with van der Waals surface area (Å²) in [5.41, 5.74) is 2.96. The molecular formula is C22H27N4O2+. The first kappa shape index (κ1) is 19.8. The van der Waals surface area contributed by atoms with Crippen molar-refractivity contribution in [2.75, 3.05) is 14.1 Å². The van der Waals surface area contributed by atoms with Crippen molar-refractivity contribution >= 4 is 16.8 Å². The van der Waals surface area contributed by atoms with E-state index >= 15 is 0 Å². The Morgan fingerprint density at radius 2 is 1.75 bits per heavy atom. The molecule has 0 bridgehead atoms. The van der Waals surface area contributed by atoms with Crippen LogP contribution in [-0.4, -0.2) is 29.6 Å². The molecule has 1 aromatic heterocycles. The van der Waals surface area contributed by atoms with E-state index in [4.69, 9.17) is 0 Å². The number of carbonyl (C=O) groups excluding carboxylic acids is 1. The fourth-order valence-electron chi connectivity index (χ4n) is 3.28. The van der Waals surface area contributed by atoms with Crippen molar-refractivity contribution in [3.05, 3.63) is 75.8 Å². The van der Waals surface area contributed by atoms with Crippen LogP contribution in [0.4, 0.5) is 0 Å². The van der Waals surface area contributed by atoms with Crippen LogP contribution >= 0.6 is 0 Å². The average Bonchev–Trinajstić information content (AvgIpc) is 2.68. The first-order valence-electron chi connectivity index (χ1n) is 9.53. The third kappa shape index (κ3) is 4.64. The summed E-state index contributed by atoms with van der Waals surface area (Å²) < 4.78 is 1.53. The number of aromatic nitrogens is 2. The summed E-state index contributed by atoms with van der Waals surface area (Å²) in [6.07, 6.45) is 0.714. The molecule has 0 radical (unpaired) electrons. The SMILES string of the molecule is Cn1c(CCC(=O)NCc2ccccc2C[NH+](C)C)nc2ccccc2c1=O. The second-order valence-electron chi connectivity index (χ2n) is 7.34. The van der Waals surface area contributed by atoms with E-state index in [9.17, 15) is 9.59 Å². The van der Waals surface area contributed by atoms with Crippen LogP contribution in [0.2, 0.25) is 0 Å². The minimum absolute atomic E-state index is 0.0468. The number of carbonyl (C=O) groups is 1. The van der Waals surface area contributed by atoms with Crippen molar-refractivity contribution in [3.8, 4) is 0 Å². The summed E-state index contributed by atoms with van der Waals surface area (Å²) in [5, 5.41) is 3.59. The molecule has 1 amide bonds. The Morgan fingerprint density at radius 3 is 2.50 bits per heavy atom. The van der Waals surface area contributed by atoms with Crippen molar-refractivity contribution in [1.82, 2.24) is 14.9 Å². The fraction of sp³-hybridized carbons (Fsp3) is 0.318. The molecule has 3 aromatic rings. The largest absolute Gasteiger partial charge is 0.352 e. The summed E-state index contributed by atoms with van der Waals surface area (Å²) in [7, 11) is 5.92. The third-order valence-electron chi connectivity index (χ3n) is 4.79. The molecule has 0 unspecified atom stereocenters. The van der Waals surface area contributed by atoms with Crippen LogP contribution in [-0.2, 0) is 31.4 Å². The maximum atomic E-state index is 12.5. The van der Waals surface area contributed by atoms with Gasteiger partial charge >= 0.3 is 0 Å². The maximum absolute atomic E-state index is 12.5. The molecule has 2 N–H and O–H groups in total. The lowest BCUT2D eigenvalue weighted by atomic mass is 10.1. The Kier molecular flexibility index (Phi) is 6.21. The number of aryl methyl sites for hydroxylation is 1. The molecule has 0 aliphatic carbocycles. The molecule has 0 saturated carbocycles. The van der Waals surface area contributed by atoms with Crippen LogP contribution < -0.4 is 15.8 Å². The van der Waals surface area contributed by atoms with Gasteiger partial charge in [0, 0.05) is 32.0 Å². The van der Waals surface area contributed by atoms with Crippen LogP contribution in [0.25, 0.3) is 10.9 Å². The lowest BCUT2D eigenvalue weighted by molar-refractivity contribution is -0.872. The van der Waals surface area contributed by atoms with Gasteiger partial charge in [-0.15, -0.1) is 0 Å². The van der Waals surface area contributed by atoms with E-state index in [1.807, 2.05) is 36.4 Å². The number of hydrogen-bond acceptors (Lipinski definition) is 3. The zero-order valence-corrected chi connectivity index (χ0v) is 16.7. The van der Waals surface area contributed by atoms with Crippen molar-refractivity contribution in [2.24, 2.45) is 7.05 Å². The lowest BCUT2D eigenvalue weighted by Crippen LogP contribution is -3.04. The van der Waals surface area contributed by atoms with Crippen molar-refractivity contribution in [2.45, 2.75) is 25.9 Å². The Balaban J connectivity index is 1.63. The molecule has 6 heteroatoms. The quantitative estimate of drug-likeness (QED) is 0.639. The van der Waals surface area contributed by atoms with Crippen LogP contribution in [0.1, 0.15) is 23.4 Å². The number of hydrogen-bond donors (Lipinski definition) is 2. The van der Waals surface area contributed by atoms with Crippen LogP contribution in [0.3, 0.4) is 0 Å².